The van der Waals surface area contributed by atoms with Crippen molar-refractivity contribution in [2.24, 2.45) is 0 Å². The van der Waals surface area contributed by atoms with E-state index in [1.54, 1.807) is 19.2 Å². The zero-order valence-corrected chi connectivity index (χ0v) is 10.2. The first kappa shape index (κ1) is 12.2. The highest BCUT2D eigenvalue weighted by atomic mass is 79.9. The van der Waals surface area contributed by atoms with Gasteiger partial charge in [0.25, 0.3) is 5.91 Å². The normalized spacial score (nSPS) is 10.1. The molecule has 0 spiro atoms. The fourth-order valence-electron chi connectivity index (χ4n) is 1.21. The van der Waals surface area contributed by atoms with E-state index in [4.69, 9.17) is 5.11 Å². The van der Waals surface area contributed by atoms with Crippen molar-refractivity contribution < 1.29 is 9.90 Å². The molecule has 15 heavy (non-hydrogen) atoms. The molecule has 1 aromatic carbocycles. The highest BCUT2D eigenvalue weighted by Gasteiger charge is 2.10. The van der Waals surface area contributed by atoms with Crippen LogP contribution >= 0.6 is 15.9 Å². The Kier molecular flexibility index (Phi) is 4.78. The number of carbonyl (C=O) groups excluding carboxylic acids is 1. The summed E-state index contributed by atoms with van der Waals surface area (Å²) in [7, 11) is 1.68. The lowest BCUT2D eigenvalue weighted by Gasteiger charge is -2.15. The van der Waals surface area contributed by atoms with Crippen LogP contribution in [0.25, 0.3) is 0 Å². The summed E-state index contributed by atoms with van der Waals surface area (Å²) in [6, 6.07) is 7.42. The molecule has 1 amide bonds. The second-order valence-electron chi connectivity index (χ2n) is 3.28. The summed E-state index contributed by atoms with van der Waals surface area (Å²) in [6.45, 7) is 0.348. The number of alkyl halides is 1. The van der Waals surface area contributed by atoms with E-state index in [1.165, 1.54) is 4.90 Å². The Hall–Kier alpha value is -0.870. The van der Waals surface area contributed by atoms with Crippen molar-refractivity contribution in [2.75, 3.05) is 20.2 Å². The molecule has 0 aromatic heterocycles. The molecule has 1 N–H and O–H groups in total. The van der Waals surface area contributed by atoms with Crippen molar-refractivity contribution >= 4 is 21.8 Å². The lowest BCUT2D eigenvalue weighted by molar-refractivity contribution is 0.0767. The minimum atomic E-state index is -0.0647. The minimum Gasteiger partial charge on any atom is -0.395 e. The van der Waals surface area contributed by atoms with Crippen molar-refractivity contribution in [3.63, 3.8) is 0 Å². The number of hydrogen-bond donors (Lipinski definition) is 1. The number of rotatable bonds is 4. The predicted octanol–water partition coefficient (Wildman–Crippen LogP) is 1.65. The summed E-state index contributed by atoms with van der Waals surface area (Å²) < 4.78 is 0. The summed E-state index contributed by atoms with van der Waals surface area (Å²) in [6.07, 6.45) is 0. The molecule has 0 aliphatic rings. The zero-order chi connectivity index (χ0) is 11.3. The molecular formula is C11H14BrNO2. The van der Waals surface area contributed by atoms with Crippen LogP contribution in [0.3, 0.4) is 0 Å². The van der Waals surface area contributed by atoms with Gasteiger partial charge in [-0.3, -0.25) is 4.79 Å². The maximum absolute atomic E-state index is 11.7. The summed E-state index contributed by atoms with van der Waals surface area (Å²) in [5.41, 5.74) is 1.78. The third kappa shape index (κ3) is 3.32. The molecule has 0 aliphatic heterocycles. The molecule has 0 saturated heterocycles. The molecule has 0 aliphatic carbocycles. The number of aliphatic hydroxyl groups is 1. The highest BCUT2D eigenvalue weighted by molar-refractivity contribution is 9.08. The lowest BCUT2D eigenvalue weighted by Crippen LogP contribution is -2.29. The van der Waals surface area contributed by atoms with Crippen LogP contribution in [-0.4, -0.2) is 36.1 Å². The van der Waals surface area contributed by atoms with Crippen LogP contribution in [0, 0.1) is 0 Å². The molecule has 0 bridgehead atoms. The second-order valence-corrected chi connectivity index (χ2v) is 3.84. The van der Waals surface area contributed by atoms with Crippen molar-refractivity contribution in [3.05, 3.63) is 35.4 Å². The quantitative estimate of drug-likeness (QED) is 0.846. The van der Waals surface area contributed by atoms with Crippen LogP contribution in [0.15, 0.2) is 24.3 Å². The fraction of sp³-hybridized carbons (Fsp3) is 0.364. The van der Waals surface area contributed by atoms with Gasteiger partial charge in [0.2, 0.25) is 0 Å². The van der Waals surface area contributed by atoms with Gasteiger partial charge in [0, 0.05) is 24.5 Å². The summed E-state index contributed by atoms with van der Waals surface area (Å²) in [5, 5.41) is 9.50. The minimum absolute atomic E-state index is 0.0122. The smallest absolute Gasteiger partial charge is 0.253 e. The number of aliphatic hydroxyl groups excluding tert-OH is 1. The van der Waals surface area contributed by atoms with E-state index in [2.05, 4.69) is 15.9 Å². The third-order valence-electron chi connectivity index (χ3n) is 2.14. The second kappa shape index (κ2) is 5.88. The molecule has 1 aromatic rings. The van der Waals surface area contributed by atoms with Crippen LogP contribution in [0.4, 0.5) is 0 Å². The fourth-order valence-corrected chi connectivity index (χ4v) is 1.58. The topological polar surface area (TPSA) is 40.5 Å². The average molecular weight is 272 g/mol. The number of amides is 1. The van der Waals surface area contributed by atoms with Crippen LogP contribution in [0.5, 0.6) is 0 Å². The number of nitrogens with zero attached hydrogens (tertiary/aromatic N) is 1. The maximum atomic E-state index is 11.7. The Bertz CT molecular complexity index is 324. The Balaban J connectivity index is 2.73. The van der Waals surface area contributed by atoms with Gasteiger partial charge >= 0.3 is 0 Å². The Morgan fingerprint density at radius 2 is 2.00 bits per heavy atom. The van der Waals surface area contributed by atoms with E-state index in [-0.39, 0.29) is 12.5 Å². The Morgan fingerprint density at radius 1 is 1.40 bits per heavy atom. The largest absolute Gasteiger partial charge is 0.395 e. The van der Waals surface area contributed by atoms with E-state index in [0.29, 0.717) is 12.1 Å². The van der Waals surface area contributed by atoms with Gasteiger partial charge in [0.05, 0.1) is 6.61 Å². The standard InChI is InChI=1S/C11H14BrNO2/c1-13(6-7-14)11(15)10-4-2-9(8-12)3-5-10/h2-5,14H,6-8H2,1H3. The molecule has 1 rings (SSSR count). The van der Waals surface area contributed by atoms with E-state index < -0.39 is 0 Å². The predicted molar refractivity (Wildman–Crippen MR) is 63.1 cm³/mol. The third-order valence-corrected chi connectivity index (χ3v) is 2.78. The molecule has 0 saturated carbocycles. The van der Waals surface area contributed by atoms with Crippen LogP contribution in [0.1, 0.15) is 15.9 Å². The van der Waals surface area contributed by atoms with Crippen LogP contribution < -0.4 is 0 Å². The average Bonchev–Trinajstić information content (AvgIpc) is 2.28. The van der Waals surface area contributed by atoms with Gasteiger partial charge in [-0.2, -0.15) is 0 Å². The molecule has 0 atom stereocenters. The first-order chi connectivity index (χ1) is 7.19. The van der Waals surface area contributed by atoms with Gasteiger partial charge in [-0.05, 0) is 17.7 Å². The van der Waals surface area contributed by atoms with Gasteiger partial charge in [-0.15, -0.1) is 0 Å². The van der Waals surface area contributed by atoms with Crippen molar-refractivity contribution in [2.45, 2.75) is 5.33 Å². The van der Waals surface area contributed by atoms with Crippen molar-refractivity contribution in [1.82, 2.24) is 4.90 Å². The zero-order valence-electron chi connectivity index (χ0n) is 8.61. The van der Waals surface area contributed by atoms with Crippen LogP contribution in [-0.2, 0) is 5.33 Å². The molecule has 4 heteroatoms. The van der Waals surface area contributed by atoms with Gasteiger partial charge in [-0.1, -0.05) is 28.1 Å². The molecule has 0 radical (unpaired) electrons. The van der Waals surface area contributed by atoms with Crippen molar-refractivity contribution in [3.8, 4) is 0 Å². The van der Waals surface area contributed by atoms with Gasteiger partial charge in [0.1, 0.15) is 0 Å². The number of likely N-dealkylation sites (N-methyl/N-ethyl adjacent to an activating group) is 1. The highest BCUT2D eigenvalue weighted by Crippen LogP contribution is 2.09. The number of benzene rings is 1. The van der Waals surface area contributed by atoms with E-state index in [9.17, 15) is 4.79 Å². The summed E-state index contributed by atoms with van der Waals surface area (Å²) in [5.74, 6) is -0.0647. The summed E-state index contributed by atoms with van der Waals surface area (Å²) in [4.78, 5) is 13.2. The Labute approximate surface area is 97.8 Å². The van der Waals surface area contributed by atoms with Crippen molar-refractivity contribution in [1.29, 1.82) is 0 Å². The first-order valence-electron chi connectivity index (χ1n) is 4.70. The van der Waals surface area contributed by atoms with Gasteiger partial charge in [0.15, 0.2) is 0 Å². The molecule has 0 unspecified atom stereocenters. The molecular weight excluding hydrogens is 258 g/mol. The lowest BCUT2D eigenvalue weighted by atomic mass is 10.1. The molecule has 0 heterocycles. The monoisotopic (exact) mass is 271 g/mol. The molecule has 0 fully saturated rings. The maximum Gasteiger partial charge on any atom is 0.253 e. The van der Waals surface area contributed by atoms with E-state index >= 15 is 0 Å². The Morgan fingerprint density at radius 3 is 2.47 bits per heavy atom. The SMILES string of the molecule is CN(CCO)C(=O)c1ccc(CBr)cc1. The summed E-state index contributed by atoms with van der Waals surface area (Å²) >= 11 is 3.34. The number of carbonyl (C=O) groups is 1. The van der Waals surface area contributed by atoms with E-state index in [0.717, 1.165) is 10.9 Å². The van der Waals surface area contributed by atoms with Crippen LogP contribution in [0.2, 0.25) is 0 Å². The van der Waals surface area contributed by atoms with E-state index in [1.807, 2.05) is 12.1 Å². The molecule has 3 nitrogen and oxygen atoms in total. The first-order valence-corrected chi connectivity index (χ1v) is 5.82. The van der Waals surface area contributed by atoms with Gasteiger partial charge in [-0.25, -0.2) is 0 Å². The number of halogens is 1. The molecule has 82 valence electrons. The number of hydrogen-bond acceptors (Lipinski definition) is 2. The van der Waals surface area contributed by atoms with Gasteiger partial charge < -0.3 is 10.0 Å².